The second-order valence-corrected chi connectivity index (χ2v) is 6.71. The molecule has 0 radical (unpaired) electrons. The van der Waals surface area contributed by atoms with E-state index in [0.717, 1.165) is 0 Å². The molecular formula is O20P5Pa3. The molecule has 0 aliphatic heterocycles. The van der Waals surface area contributed by atoms with Crippen LogP contribution in [0.3, 0.4) is 0 Å². The van der Waals surface area contributed by atoms with Crippen molar-refractivity contribution in [3.05, 3.63) is 0 Å². The van der Waals surface area contributed by atoms with Gasteiger partial charge in [-0.1, -0.05) is 0 Å². The van der Waals surface area contributed by atoms with Crippen molar-refractivity contribution in [1.82, 2.24) is 0 Å². The molecule has 0 aliphatic carbocycles. The van der Waals surface area contributed by atoms with Gasteiger partial charge in [0, 0.05) is 0 Å². The Morgan fingerprint density at radius 3 is 0.250 bits per heavy atom. The Labute approximate surface area is 229 Å². The second kappa shape index (κ2) is 24.0. The zero-order valence-electron chi connectivity index (χ0n) is 12.1. The van der Waals surface area contributed by atoms with Gasteiger partial charge in [0.2, 0.25) is 0 Å². The van der Waals surface area contributed by atoms with Gasteiger partial charge in [-0.15, -0.1) is 0 Å². The third-order valence-electron chi connectivity index (χ3n) is 0. The molecule has 0 atom stereocenters. The van der Waals surface area contributed by atoms with Crippen molar-refractivity contribution in [2.45, 2.75) is 0 Å². The maximum Gasteiger partial charge on any atom is 5.00 e. The van der Waals surface area contributed by atoms with Crippen molar-refractivity contribution in [1.29, 1.82) is 0 Å². The molecule has 0 aliphatic rings. The average Bonchev–Trinajstić information content (AvgIpc) is 1.79. The van der Waals surface area contributed by atoms with Crippen LogP contribution in [-0.4, -0.2) is 0 Å². The standard InChI is InChI=1S/5H3O4P.3Pa/c5*1-5(2,3)4;;;/h5*(H3,1,2,3,4);;;/q;;;;;3*+5/p-15. The van der Waals surface area contributed by atoms with E-state index in [1.54, 1.807) is 0 Å². The van der Waals surface area contributed by atoms with Gasteiger partial charge in [0.1, 0.15) is 0 Å². The van der Waals surface area contributed by atoms with Crippen LogP contribution < -0.4 is 73.4 Å². The topological polar surface area (TPSA) is 431 Å². The SMILES string of the molecule is O=P([O-])([O-])[O-].O=P([O-])([O-])[O-].O=P([O-])([O-])[O-].O=P([O-])([O-])[O-].O=P([O-])([O-])[O-].[Pa+5].[Pa+5].[Pa+5]. The fourth-order valence-corrected chi connectivity index (χ4v) is 0. The molecule has 0 fully saturated rings. The monoisotopic (exact) mass is 1170 g/mol. The minimum Gasteiger partial charge on any atom is -0.822 e. The summed E-state index contributed by atoms with van der Waals surface area (Å²) in [5.74, 6) is 0. The van der Waals surface area contributed by atoms with Crippen LogP contribution in [0.2, 0.25) is 0 Å². The predicted molar refractivity (Wildman–Crippen MR) is 38.0 cm³/mol. The minimum atomic E-state index is -5.39. The molecule has 0 saturated heterocycles. The summed E-state index contributed by atoms with van der Waals surface area (Å²) in [4.78, 5) is 128. The molecule has 0 aromatic heterocycles. The molecule has 0 aromatic carbocycles. The molecule has 0 aromatic rings. The van der Waals surface area contributed by atoms with Crippen LogP contribution in [0.4, 0.5) is 0 Å². The summed E-state index contributed by atoms with van der Waals surface area (Å²) in [5, 5.41) is 0. The molecule has 0 saturated carbocycles. The average molecular weight is 1170 g/mol. The van der Waals surface area contributed by atoms with E-state index in [0.29, 0.717) is 0 Å². The Kier molecular flexibility index (Phi) is 45.6. The van der Waals surface area contributed by atoms with Crippen molar-refractivity contribution in [2.24, 2.45) is 0 Å². The summed E-state index contributed by atoms with van der Waals surface area (Å²) in [6, 6.07) is 0. The van der Waals surface area contributed by atoms with Crippen molar-refractivity contribution in [3.63, 3.8) is 0 Å². The molecule has 28 heavy (non-hydrogen) atoms. The van der Waals surface area contributed by atoms with Crippen molar-refractivity contribution < 1.29 is 193 Å². The van der Waals surface area contributed by atoms with Gasteiger partial charge in [0.25, 0.3) is 0 Å². The molecule has 0 amide bonds. The number of rotatable bonds is 0. The second-order valence-electron chi connectivity index (χ2n) is 2.24. The Bertz CT molecular complexity index is 379. The summed E-state index contributed by atoms with van der Waals surface area (Å²) in [7, 11) is -26.9. The van der Waals surface area contributed by atoms with Gasteiger partial charge in [-0.25, -0.2) is 0 Å². The Balaban J connectivity index is -0.0000000290. The first kappa shape index (κ1) is 53.3. The maximum absolute atomic E-state index is 8.55. The van der Waals surface area contributed by atoms with Gasteiger partial charge in [-0.3, -0.25) is 0 Å². The van der Waals surface area contributed by atoms with Gasteiger partial charge in [0.05, 0.1) is 0 Å². The van der Waals surface area contributed by atoms with Crippen LogP contribution in [-0.2, 0) is 22.8 Å². The molecule has 0 heterocycles. The maximum atomic E-state index is 8.55. The molecule has 0 rings (SSSR count). The largest absolute Gasteiger partial charge is 5.00 e. The van der Waals surface area contributed by atoms with E-state index in [1.165, 1.54) is 0 Å². The van der Waals surface area contributed by atoms with Gasteiger partial charge < -0.3 is 96.2 Å². The van der Waals surface area contributed by atoms with Crippen LogP contribution in [0, 0.1) is 96.9 Å². The van der Waals surface area contributed by atoms with Crippen LogP contribution in [0.1, 0.15) is 0 Å². The molecule has 0 spiro atoms. The molecular weight excluding hydrogens is 1170 g/mol. The fourth-order valence-electron chi connectivity index (χ4n) is 0. The molecule has 28 heteroatoms. The van der Waals surface area contributed by atoms with Crippen LogP contribution in [0.5, 0.6) is 0 Å². The number of phosphoric acid groups is 5. The van der Waals surface area contributed by atoms with Crippen LogP contribution in [0.25, 0.3) is 0 Å². The fraction of sp³-hybridized carbons (Fsp3) is 0. The normalized spacial score (nSPS) is 10.5. The Hall–Kier alpha value is 3.82. The van der Waals surface area contributed by atoms with Gasteiger partial charge >= 0.3 is 96.9 Å². The summed E-state index contributed by atoms with van der Waals surface area (Å²) in [6.07, 6.45) is 0. The van der Waals surface area contributed by atoms with Crippen molar-refractivity contribution in [3.8, 4) is 0 Å². The number of hydrogen-bond acceptors (Lipinski definition) is 20. The zero-order valence-corrected chi connectivity index (χ0v) is 31.0. The first-order valence-electron chi connectivity index (χ1n) is 3.65. The zero-order chi connectivity index (χ0) is 22.5. The van der Waals surface area contributed by atoms with Gasteiger partial charge in [-0.2, -0.15) is 39.1 Å². The smallest absolute Gasteiger partial charge is 0.822 e. The Morgan fingerprint density at radius 1 is 0.250 bits per heavy atom. The van der Waals surface area contributed by atoms with Crippen LogP contribution >= 0.6 is 39.1 Å². The minimum absolute atomic E-state index is 0. The number of hydrogen-bond donors (Lipinski definition) is 0. The summed E-state index contributed by atoms with van der Waals surface area (Å²) in [6.45, 7) is 0. The van der Waals surface area contributed by atoms with E-state index < -0.39 is 39.1 Å². The third-order valence-corrected chi connectivity index (χ3v) is 0. The molecule has 0 unspecified atom stereocenters. The quantitative estimate of drug-likeness (QED) is 0.203. The van der Waals surface area contributed by atoms with Gasteiger partial charge in [0.15, 0.2) is 0 Å². The van der Waals surface area contributed by atoms with Crippen LogP contribution in [0.15, 0.2) is 0 Å². The Morgan fingerprint density at radius 2 is 0.250 bits per heavy atom. The van der Waals surface area contributed by atoms with E-state index in [9.17, 15) is 0 Å². The molecule has 0 bridgehead atoms. The first-order valence-corrected chi connectivity index (χ1v) is 11.0. The van der Waals surface area contributed by atoms with E-state index in [-0.39, 0.29) is 96.9 Å². The predicted octanol–water partition coefficient (Wildman–Crippen LogP) is -14.1. The van der Waals surface area contributed by atoms with Gasteiger partial charge in [-0.05, 0) is 0 Å². The third kappa shape index (κ3) is 1700. The van der Waals surface area contributed by atoms with E-state index in [4.69, 9.17) is 96.2 Å². The molecule has 20 nitrogen and oxygen atoms in total. The molecule has 0 N–H and O–H groups in total. The summed E-state index contributed by atoms with van der Waals surface area (Å²) < 4.78 is 42.7. The first-order chi connectivity index (χ1) is 10.0. The van der Waals surface area contributed by atoms with Crippen molar-refractivity contribution in [2.75, 3.05) is 0 Å². The summed E-state index contributed by atoms with van der Waals surface area (Å²) >= 11 is 0. The molecule has 154 valence electrons. The van der Waals surface area contributed by atoms with E-state index in [1.807, 2.05) is 0 Å². The van der Waals surface area contributed by atoms with E-state index >= 15 is 0 Å². The van der Waals surface area contributed by atoms with E-state index in [2.05, 4.69) is 0 Å². The summed E-state index contributed by atoms with van der Waals surface area (Å²) in [5.41, 5.74) is 0. The van der Waals surface area contributed by atoms with Crippen molar-refractivity contribution >= 4 is 39.1 Å².